The van der Waals surface area contributed by atoms with E-state index in [1.54, 1.807) is 7.11 Å². The Morgan fingerprint density at radius 2 is 2.11 bits per heavy atom. The maximum absolute atomic E-state index is 12.2. The van der Waals surface area contributed by atoms with E-state index in [0.717, 1.165) is 13.0 Å². The predicted molar refractivity (Wildman–Crippen MR) is 96.1 cm³/mol. The molecule has 1 aromatic carbocycles. The third-order valence-corrected chi connectivity index (χ3v) is 5.19. The van der Waals surface area contributed by atoms with Crippen molar-refractivity contribution in [1.29, 1.82) is 0 Å². The van der Waals surface area contributed by atoms with Crippen molar-refractivity contribution >= 4 is 6.09 Å². The van der Waals surface area contributed by atoms with Gasteiger partial charge in [-0.2, -0.15) is 4.98 Å². The van der Waals surface area contributed by atoms with Crippen LogP contribution < -0.4 is 0 Å². The Morgan fingerprint density at radius 1 is 1.26 bits per heavy atom. The van der Waals surface area contributed by atoms with Gasteiger partial charge >= 0.3 is 6.09 Å². The van der Waals surface area contributed by atoms with Crippen LogP contribution in [0, 0.1) is 0 Å². The SMILES string of the molecule is COCCc1noc(CN2CCN3C(=O)OCC3(Cc3ccccc3)C2)n1. The summed E-state index contributed by atoms with van der Waals surface area (Å²) in [6.45, 7) is 3.64. The summed E-state index contributed by atoms with van der Waals surface area (Å²) < 4.78 is 15.8. The van der Waals surface area contributed by atoms with E-state index in [1.807, 2.05) is 23.1 Å². The second kappa shape index (κ2) is 7.66. The van der Waals surface area contributed by atoms with Gasteiger partial charge in [0.15, 0.2) is 5.82 Å². The number of hydrogen-bond acceptors (Lipinski definition) is 7. The molecule has 0 aliphatic carbocycles. The van der Waals surface area contributed by atoms with E-state index in [-0.39, 0.29) is 11.6 Å². The number of amides is 1. The van der Waals surface area contributed by atoms with Gasteiger partial charge in [-0.3, -0.25) is 9.80 Å². The highest BCUT2D eigenvalue weighted by atomic mass is 16.6. The highest BCUT2D eigenvalue weighted by Crippen LogP contribution is 2.32. The van der Waals surface area contributed by atoms with E-state index >= 15 is 0 Å². The van der Waals surface area contributed by atoms with Crippen molar-refractivity contribution < 1.29 is 18.8 Å². The van der Waals surface area contributed by atoms with E-state index in [9.17, 15) is 4.79 Å². The van der Waals surface area contributed by atoms with Crippen LogP contribution in [0.15, 0.2) is 34.9 Å². The number of fused-ring (bicyclic) bond motifs is 1. The van der Waals surface area contributed by atoms with Gasteiger partial charge in [-0.1, -0.05) is 35.5 Å². The summed E-state index contributed by atoms with van der Waals surface area (Å²) in [6.07, 6.45) is 1.18. The lowest BCUT2D eigenvalue weighted by atomic mass is 9.88. The second-order valence-electron chi connectivity index (χ2n) is 7.15. The number of nitrogens with zero attached hydrogens (tertiary/aromatic N) is 4. The second-order valence-corrected chi connectivity index (χ2v) is 7.15. The van der Waals surface area contributed by atoms with Gasteiger partial charge in [-0.25, -0.2) is 4.79 Å². The minimum Gasteiger partial charge on any atom is -0.447 e. The number of benzene rings is 1. The highest BCUT2D eigenvalue weighted by Gasteiger charge is 2.50. The first-order chi connectivity index (χ1) is 13.2. The highest BCUT2D eigenvalue weighted by molar-refractivity contribution is 5.71. The zero-order valence-corrected chi connectivity index (χ0v) is 15.5. The number of cyclic esters (lactones) is 1. The quantitative estimate of drug-likeness (QED) is 0.729. The fourth-order valence-electron chi connectivity index (χ4n) is 3.90. The number of carbonyl (C=O) groups is 1. The van der Waals surface area contributed by atoms with Gasteiger partial charge < -0.3 is 14.0 Å². The molecule has 0 N–H and O–H groups in total. The van der Waals surface area contributed by atoms with Gasteiger partial charge in [0.1, 0.15) is 6.61 Å². The molecule has 1 amide bonds. The van der Waals surface area contributed by atoms with E-state index in [2.05, 4.69) is 27.2 Å². The average molecular weight is 372 g/mol. The lowest BCUT2D eigenvalue weighted by Gasteiger charge is -2.44. The first-order valence-electron chi connectivity index (χ1n) is 9.20. The zero-order chi connectivity index (χ0) is 18.7. The first kappa shape index (κ1) is 17.9. The van der Waals surface area contributed by atoms with Gasteiger partial charge in [-0.15, -0.1) is 0 Å². The van der Waals surface area contributed by atoms with Crippen molar-refractivity contribution in [3.8, 4) is 0 Å². The molecular weight excluding hydrogens is 348 g/mol. The largest absolute Gasteiger partial charge is 0.447 e. The molecule has 8 heteroatoms. The summed E-state index contributed by atoms with van der Waals surface area (Å²) in [6, 6.07) is 10.2. The van der Waals surface area contributed by atoms with Crippen LogP contribution in [0.4, 0.5) is 4.79 Å². The summed E-state index contributed by atoms with van der Waals surface area (Å²) in [7, 11) is 1.65. The number of piperazine rings is 1. The molecule has 1 aromatic heterocycles. The smallest absolute Gasteiger partial charge is 0.410 e. The maximum Gasteiger partial charge on any atom is 0.410 e. The summed E-state index contributed by atoms with van der Waals surface area (Å²) in [5, 5.41) is 4.00. The molecule has 1 atom stereocenters. The van der Waals surface area contributed by atoms with Crippen molar-refractivity contribution in [2.45, 2.75) is 24.9 Å². The van der Waals surface area contributed by atoms with Gasteiger partial charge in [0.25, 0.3) is 0 Å². The number of aromatic nitrogens is 2. The van der Waals surface area contributed by atoms with E-state index in [4.69, 9.17) is 14.0 Å². The maximum atomic E-state index is 12.2. The lowest BCUT2D eigenvalue weighted by Crippen LogP contribution is -2.62. The Kier molecular flexibility index (Phi) is 5.09. The van der Waals surface area contributed by atoms with E-state index < -0.39 is 0 Å². The van der Waals surface area contributed by atoms with Crippen LogP contribution in [0.2, 0.25) is 0 Å². The van der Waals surface area contributed by atoms with Crippen LogP contribution in [0.5, 0.6) is 0 Å². The molecule has 3 heterocycles. The molecule has 0 bridgehead atoms. The van der Waals surface area contributed by atoms with Crippen LogP contribution in [0.25, 0.3) is 0 Å². The van der Waals surface area contributed by atoms with Crippen LogP contribution >= 0.6 is 0 Å². The number of carbonyl (C=O) groups excluding carboxylic acids is 1. The van der Waals surface area contributed by atoms with Crippen LogP contribution in [-0.4, -0.2) is 71.5 Å². The van der Waals surface area contributed by atoms with Crippen molar-refractivity contribution in [3.05, 3.63) is 47.6 Å². The molecule has 8 nitrogen and oxygen atoms in total. The van der Waals surface area contributed by atoms with Crippen molar-refractivity contribution in [2.24, 2.45) is 0 Å². The molecule has 0 spiro atoms. The standard InChI is InChI=1S/C19H24N4O4/c1-25-10-7-16-20-17(27-21-16)12-22-8-9-23-18(24)26-14-19(23,13-22)11-15-5-3-2-4-6-15/h2-6H,7-14H2,1H3. The summed E-state index contributed by atoms with van der Waals surface area (Å²) in [4.78, 5) is 20.8. The minimum absolute atomic E-state index is 0.217. The van der Waals surface area contributed by atoms with Crippen molar-refractivity contribution in [1.82, 2.24) is 19.9 Å². The number of rotatable bonds is 7. The normalized spacial score (nSPS) is 22.7. The molecular formula is C19H24N4O4. The molecule has 4 rings (SSSR count). The Morgan fingerprint density at radius 3 is 2.93 bits per heavy atom. The summed E-state index contributed by atoms with van der Waals surface area (Å²) >= 11 is 0. The van der Waals surface area contributed by atoms with Crippen LogP contribution in [0.1, 0.15) is 17.3 Å². The molecule has 1 unspecified atom stereocenters. The number of methoxy groups -OCH3 is 1. The average Bonchev–Trinajstić information content (AvgIpc) is 3.25. The van der Waals surface area contributed by atoms with Gasteiger partial charge in [0, 0.05) is 39.6 Å². The Labute approximate surface area is 158 Å². The fraction of sp³-hybridized carbons (Fsp3) is 0.526. The van der Waals surface area contributed by atoms with Crippen molar-refractivity contribution in [3.63, 3.8) is 0 Å². The molecule has 2 aliphatic heterocycles. The van der Waals surface area contributed by atoms with E-state index in [1.165, 1.54) is 5.56 Å². The lowest BCUT2D eigenvalue weighted by molar-refractivity contribution is 0.0423. The van der Waals surface area contributed by atoms with Crippen LogP contribution in [0.3, 0.4) is 0 Å². The Bertz CT molecular complexity index is 781. The van der Waals surface area contributed by atoms with E-state index in [0.29, 0.717) is 51.0 Å². The molecule has 144 valence electrons. The minimum atomic E-state index is -0.352. The monoisotopic (exact) mass is 372 g/mol. The molecule has 2 fully saturated rings. The molecule has 2 saturated heterocycles. The number of ether oxygens (including phenoxy) is 2. The zero-order valence-electron chi connectivity index (χ0n) is 15.5. The molecule has 2 aromatic rings. The molecule has 27 heavy (non-hydrogen) atoms. The molecule has 0 saturated carbocycles. The summed E-state index contributed by atoms with van der Waals surface area (Å²) in [5.41, 5.74) is 0.845. The third-order valence-electron chi connectivity index (χ3n) is 5.19. The molecule has 2 aliphatic rings. The predicted octanol–water partition coefficient (Wildman–Crippen LogP) is 1.51. The van der Waals surface area contributed by atoms with Gasteiger partial charge in [-0.05, 0) is 5.56 Å². The number of hydrogen-bond donors (Lipinski definition) is 0. The molecule has 0 radical (unpaired) electrons. The van der Waals surface area contributed by atoms with Crippen LogP contribution in [-0.2, 0) is 28.9 Å². The topological polar surface area (TPSA) is 80.9 Å². The van der Waals surface area contributed by atoms with Gasteiger partial charge in [0.05, 0.1) is 18.7 Å². The Hall–Kier alpha value is -2.45. The summed E-state index contributed by atoms with van der Waals surface area (Å²) in [5.74, 6) is 1.25. The first-order valence-corrected chi connectivity index (χ1v) is 9.20. The third kappa shape index (κ3) is 3.81. The fourth-order valence-corrected chi connectivity index (χ4v) is 3.90. The Balaban J connectivity index is 1.47. The van der Waals surface area contributed by atoms with Crippen molar-refractivity contribution in [2.75, 3.05) is 40.0 Å². The van der Waals surface area contributed by atoms with Gasteiger partial charge in [0.2, 0.25) is 5.89 Å².